The second-order valence-electron chi connectivity index (χ2n) is 5.47. The maximum absolute atomic E-state index is 12.3. The van der Waals surface area contributed by atoms with Crippen LogP contribution < -0.4 is 5.32 Å². The fourth-order valence-corrected chi connectivity index (χ4v) is 2.94. The van der Waals surface area contributed by atoms with E-state index >= 15 is 0 Å². The highest BCUT2D eigenvalue weighted by atomic mass is 79.9. The lowest BCUT2D eigenvalue weighted by molar-refractivity contribution is -0.123. The molecule has 0 radical (unpaired) electrons. The Balaban J connectivity index is 1.61. The lowest BCUT2D eigenvalue weighted by Crippen LogP contribution is -2.28. The number of hydrogen-bond donors (Lipinski definition) is 1. The van der Waals surface area contributed by atoms with Gasteiger partial charge in [0.15, 0.2) is 0 Å². The lowest BCUT2D eigenvalue weighted by atomic mass is 10.1. The van der Waals surface area contributed by atoms with Crippen LogP contribution >= 0.6 is 15.9 Å². The second kappa shape index (κ2) is 5.98. The number of carbonyl (C=O) groups is 1. The number of rotatable bonds is 4. The monoisotopic (exact) mass is 344 g/mol. The number of nitrogens with zero attached hydrogens (tertiary/aromatic N) is 1. The first kappa shape index (κ1) is 14.3. The summed E-state index contributed by atoms with van der Waals surface area (Å²) < 4.78 is 0.823. The molecule has 108 valence electrons. The summed E-state index contributed by atoms with van der Waals surface area (Å²) in [5.74, 6) is 0.432. The minimum absolute atomic E-state index is 0.0374. The van der Waals surface area contributed by atoms with Crippen LogP contribution in [0.15, 0.2) is 53.1 Å². The van der Waals surface area contributed by atoms with Crippen molar-refractivity contribution in [2.45, 2.75) is 25.3 Å². The molecule has 0 aliphatic heterocycles. The van der Waals surface area contributed by atoms with Crippen LogP contribution in [0.1, 0.15) is 36.6 Å². The van der Waals surface area contributed by atoms with Gasteiger partial charge in [-0.2, -0.15) is 0 Å². The van der Waals surface area contributed by atoms with Crippen molar-refractivity contribution in [3.05, 3.63) is 64.4 Å². The molecule has 0 spiro atoms. The second-order valence-corrected chi connectivity index (χ2v) is 6.29. The number of aromatic nitrogens is 1. The Morgan fingerprint density at radius 3 is 2.71 bits per heavy atom. The Labute approximate surface area is 132 Å². The number of benzene rings is 1. The molecule has 1 saturated carbocycles. The van der Waals surface area contributed by atoms with Crippen LogP contribution in [0.25, 0.3) is 0 Å². The van der Waals surface area contributed by atoms with Gasteiger partial charge in [-0.3, -0.25) is 4.79 Å². The van der Waals surface area contributed by atoms with Crippen molar-refractivity contribution in [3.63, 3.8) is 0 Å². The average molecular weight is 345 g/mol. The molecular formula is C17H17BrN2O. The number of nitrogens with one attached hydrogen (secondary N) is 1. The topological polar surface area (TPSA) is 42.0 Å². The number of amides is 1. The summed E-state index contributed by atoms with van der Waals surface area (Å²) in [6, 6.07) is 15.9. The molecule has 3 atom stereocenters. The molecule has 3 nitrogen and oxygen atoms in total. The molecular weight excluding hydrogens is 328 g/mol. The van der Waals surface area contributed by atoms with Crippen LogP contribution in [-0.4, -0.2) is 10.9 Å². The number of hydrogen-bond acceptors (Lipinski definition) is 2. The van der Waals surface area contributed by atoms with E-state index in [0.29, 0.717) is 0 Å². The molecule has 0 saturated heterocycles. The number of halogens is 1. The van der Waals surface area contributed by atoms with Gasteiger partial charge in [-0.15, -0.1) is 0 Å². The van der Waals surface area contributed by atoms with Crippen molar-refractivity contribution in [2.24, 2.45) is 5.92 Å². The zero-order valence-corrected chi connectivity index (χ0v) is 13.4. The highest BCUT2D eigenvalue weighted by Crippen LogP contribution is 2.47. The van der Waals surface area contributed by atoms with Crippen molar-refractivity contribution in [1.82, 2.24) is 10.3 Å². The van der Waals surface area contributed by atoms with Gasteiger partial charge in [0.05, 0.1) is 6.04 Å². The molecule has 1 amide bonds. The molecule has 1 aromatic carbocycles. The van der Waals surface area contributed by atoms with E-state index in [1.54, 1.807) is 0 Å². The van der Waals surface area contributed by atoms with E-state index in [2.05, 4.69) is 26.2 Å². The van der Waals surface area contributed by atoms with Gasteiger partial charge in [-0.25, -0.2) is 4.98 Å². The van der Waals surface area contributed by atoms with E-state index in [0.717, 1.165) is 22.3 Å². The standard InChI is InChI=1S/C17H17BrN2O/c1-11(12-6-3-2-4-7-12)19-17(21)14-10-13(14)15-8-5-9-16(18)20-15/h2-9,11,13-14H,10H2,1H3,(H,19,21)/t11-,13+,14+/m1/s1. The van der Waals surface area contributed by atoms with E-state index in [4.69, 9.17) is 0 Å². The summed E-state index contributed by atoms with van der Waals surface area (Å²) >= 11 is 3.37. The van der Waals surface area contributed by atoms with Crippen molar-refractivity contribution in [2.75, 3.05) is 0 Å². The van der Waals surface area contributed by atoms with Crippen molar-refractivity contribution < 1.29 is 4.79 Å². The van der Waals surface area contributed by atoms with Gasteiger partial charge in [0, 0.05) is 17.5 Å². The Hall–Kier alpha value is -1.68. The fraction of sp³-hybridized carbons (Fsp3) is 0.294. The molecule has 0 bridgehead atoms. The maximum atomic E-state index is 12.3. The zero-order valence-electron chi connectivity index (χ0n) is 11.8. The van der Waals surface area contributed by atoms with E-state index in [-0.39, 0.29) is 23.8 Å². The molecule has 1 aromatic heterocycles. The molecule has 1 N–H and O–H groups in total. The molecule has 3 rings (SSSR count). The molecule has 1 heterocycles. The molecule has 2 aromatic rings. The highest BCUT2D eigenvalue weighted by molar-refractivity contribution is 9.10. The minimum atomic E-state index is 0.0374. The van der Waals surface area contributed by atoms with Gasteiger partial charge in [-0.1, -0.05) is 36.4 Å². The summed E-state index contributed by atoms with van der Waals surface area (Å²) in [5.41, 5.74) is 2.13. The van der Waals surface area contributed by atoms with Crippen LogP contribution in [0.4, 0.5) is 0 Å². The Kier molecular flexibility index (Phi) is 4.06. The largest absolute Gasteiger partial charge is 0.349 e. The van der Waals surface area contributed by atoms with Crippen LogP contribution in [0.3, 0.4) is 0 Å². The summed E-state index contributed by atoms with van der Waals surface area (Å²) in [5, 5.41) is 3.09. The predicted molar refractivity (Wildman–Crippen MR) is 85.8 cm³/mol. The van der Waals surface area contributed by atoms with Crippen molar-refractivity contribution >= 4 is 21.8 Å². The van der Waals surface area contributed by atoms with Crippen LogP contribution in [0.2, 0.25) is 0 Å². The molecule has 21 heavy (non-hydrogen) atoms. The minimum Gasteiger partial charge on any atom is -0.349 e. The molecule has 4 heteroatoms. The fourth-order valence-electron chi connectivity index (χ4n) is 2.59. The van der Waals surface area contributed by atoms with Gasteiger partial charge in [-0.05, 0) is 47.0 Å². The first-order valence-electron chi connectivity index (χ1n) is 7.13. The Bertz CT molecular complexity index is 644. The Morgan fingerprint density at radius 1 is 1.24 bits per heavy atom. The molecule has 1 aliphatic rings. The first-order chi connectivity index (χ1) is 10.1. The van der Waals surface area contributed by atoms with E-state index in [1.807, 2.05) is 55.5 Å². The first-order valence-corrected chi connectivity index (χ1v) is 7.92. The maximum Gasteiger partial charge on any atom is 0.224 e. The van der Waals surface area contributed by atoms with Crippen LogP contribution in [0, 0.1) is 5.92 Å². The van der Waals surface area contributed by atoms with E-state index in [1.165, 1.54) is 0 Å². The van der Waals surface area contributed by atoms with Crippen molar-refractivity contribution in [3.8, 4) is 0 Å². The summed E-state index contributed by atoms with van der Waals surface area (Å²) in [6.45, 7) is 2.02. The summed E-state index contributed by atoms with van der Waals surface area (Å²) in [4.78, 5) is 16.7. The normalized spacial score (nSPS) is 21.6. The molecule has 0 unspecified atom stereocenters. The third-order valence-corrected chi connectivity index (χ3v) is 4.34. The smallest absolute Gasteiger partial charge is 0.224 e. The molecule has 1 aliphatic carbocycles. The highest BCUT2D eigenvalue weighted by Gasteiger charge is 2.45. The van der Waals surface area contributed by atoms with Gasteiger partial charge in [0.2, 0.25) is 5.91 Å². The summed E-state index contributed by atoms with van der Waals surface area (Å²) in [7, 11) is 0. The average Bonchev–Trinajstić information content (AvgIpc) is 3.29. The van der Waals surface area contributed by atoms with Gasteiger partial charge in [0.1, 0.15) is 4.60 Å². The third kappa shape index (κ3) is 3.32. The zero-order chi connectivity index (χ0) is 14.8. The lowest BCUT2D eigenvalue weighted by Gasteiger charge is -2.14. The van der Waals surface area contributed by atoms with Gasteiger partial charge in [0.25, 0.3) is 0 Å². The Morgan fingerprint density at radius 2 is 2.00 bits per heavy atom. The van der Waals surface area contributed by atoms with Gasteiger partial charge >= 0.3 is 0 Å². The van der Waals surface area contributed by atoms with Crippen LogP contribution in [-0.2, 0) is 4.79 Å². The number of pyridine rings is 1. The number of carbonyl (C=O) groups excluding carboxylic acids is 1. The van der Waals surface area contributed by atoms with Crippen molar-refractivity contribution in [1.29, 1.82) is 0 Å². The van der Waals surface area contributed by atoms with Crippen LogP contribution in [0.5, 0.6) is 0 Å². The third-order valence-electron chi connectivity index (χ3n) is 3.90. The molecule has 1 fully saturated rings. The van der Waals surface area contributed by atoms with E-state index in [9.17, 15) is 4.79 Å². The van der Waals surface area contributed by atoms with E-state index < -0.39 is 0 Å². The summed E-state index contributed by atoms with van der Waals surface area (Å²) in [6.07, 6.45) is 0.886. The SMILES string of the molecule is C[C@@H](NC(=O)[C@H]1C[C@@H]1c1cccc(Br)n1)c1ccccc1. The van der Waals surface area contributed by atoms with Gasteiger partial charge < -0.3 is 5.32 Å². The predicted octanol–water partition coefficient (Wildman–Crippen LogP) is 3.83. The quantitative estimate of drug-likeness (QED) is 0.856.